The molecule has 0 saturated carbocycles. The number of pyridine rings is 5. The molecule has 22 aromatic rings. The van der Waals surface area contributed by atoms with Gasteiger partial charge in [-0.2, -0.15) is 0 Å². The van der Waals surface area contributed by atoms with E-state index >= 15 is 0 Å². The monoisotopic (exact) mass is 1630 g/mol. The molecule has 0 amide bonds. The van der Waals surface area contributed by atoms with Crippen LogP contribution in [-0.2, 0) is 10.8 Å². The zero-order valence-electron chi connectivity index (χ0n) is 67.4. The fourth-order valence-corrected chi connectivity index (χ4v) is 22.8. The number of fused-ring (bicyclic) bond motifs is 25. The Balaban J connectivity index is 0.000000137. The number of benzene rings is 16. The molecule has 2 aliphatic carbocycles. The topological polar surface area (TPSA) is 82.3 Å². The molecular weight excluding hydrogens is 1560 g/mol. The van der Waals surface area contributed by atoms with Crippen LogP contribution in [-0.4, -0.2) is 34.5 Å². The highest BCUT2D eigenvalue weighted by Gasteiger charge is 2.52. The molecule has 26 rings (SSSR count). The van der Waals surface area contributed by atoms with Crippen LogP contribution in [0.25, 0.3) is 172 Å². The Morgan fingerprint density at radius 1 is 0.208 bits per heavy atom. The van der Waals surface area contributed by atoms with Crippen molar-refractivity contribution in [1.29, 1.82) is 0 Å². The summed E-state index contributed by atoms with van der Waals surface area (Å²) < 4.78 is 2.25. The van der Waals surface area contributed by atoms with E-state index in [9.17, 15) is 0 Å². The Hall–Kier alpha value is -15.5. The summed E-state index contributed by atoms with van der Waals surface area (Å²) in [6, 6.07) is 152. The van der Waals surface area contributed by atoms with Crippen LogP contribution in [0, 0.1) is 0 Å². The van der Waals surface area contributed by atoms with Gasteiger partial charge in [0.15, 0.2) is 0 Å². The minimum atomic E-state index is -0.444. The van der Waals surface area contributed by atoms with Crippen LogP contribution in [0.5, 0.6) is 0 Å². The van der Waals surface area contributed by atoms with Crippen molar-refractivity contribution in [2.24, 2.45) is 0 Å². The van der Waals surface area contributed by atoms with Crippen molar-refractivity contribution in [3.63, 3.8) is 0 Å². The Labute approximate surface area is 730 Å². The lowest BCUT2D eigenvalue weighted by molar-refractivity contribution is 0.723. The molecule has 0 bridgehead atoms. The molecule has 6 aromatic heterocycles. The molecule has 2 aliphatic heterocycles. The number of imidazole rings is 1. The maximum Gasteiger partial charge on any atom is 0.145 e. The molecule has 125 heavy (non-hydrogen) atoms. The van der Waals surface area contributed by atoms with Crippen LogP contribution < -0.4 is 0 Å². The first-order valence-corrected chi connectivity index (χ1v) is 44.1. The number of aromatic nitrogens is 7. The molecule has 582 valence electrons. The van der Waals surface area contributed by atoms with Crippen LogP contribution in [0.1, 0.15) is 44.5 Å². The van der Waals surface area contributed by atoms with Crippen molar-refractivity contribution >= 4 is 77.9 Å². The first kappa shape index (κ1) is 72.3. The van der Waals surface area contributed by atoms with E-state index in [1.54, 1.807) is 12.4 Å². The number of hydrogen-bond donors (Lipinski definition) is 0. The number of rotatable bonds is 9. The predicted octanol–water partition coefficient (Wildman–Crippen LogP) is 29.3. The molecule has 9 heteroatoms. The molecule has 7 nitrogen and oxygen atoms in total. The van der Waals surface area contributed by atoms with E-state index in [0.717, 1.165) is 134 Å². The summed E-state index contributed by atoms with van der Waals surface area (Å²) in [5.41, 5.74) is 35.3. The van der Waals surface area contributed by atoms with E-state index in [-0.39, 0.29) is 0 Å². The second-order valence-corrected chi connectivity index (χ2v) is 34.8. The summed E-state index contributed by atoms with van der Waals surface area (Å²) in [6.45, 7) is 0. The van der Waals surface area contributed by atoms with Gasteiger partial charge in [0.1, 0.15) is 5.82 Å². The van der Waals surface area contributed by atoms with Gasteiger partial charge in [-0.05, 0) is 232 Å². The average Bonchev–Trinajstić information content (AvgIpc) is 1.53. The summed E-state index contributed by atoms with van der Waals surface area (Å²) in [5, 5.41) is 7.08. The molecule has 8 heterocycles. The lowest BCUT2D eigenvalue weighted by atomic mass is 9.67. The molecule has 0 N–H and O–H groups in total. The summed E-state index contributed by atoms with van der Waals surface area (Å²) in [4.78, 5) is 35.3. The van der Waals surface area contributed by atoms with Gasteiger partial charge in [0, 0.05) is 75.9 Å². The third-order valence-corrected chi connectivity index (χ3v) is 28.2. The highest BCUT2D eigenvalue weighted by Crippen LogP contribution is 2.65. The summed E-state index contributed by atoms with van der Waals surface area (Å²) >= 11 is 3.76. The fraction of sp³-hybridized carbons (Fsp3) is 0.0172. The molecule has 0 atom stereocenters. The third-order valence-electron chi connectivity index (χ3n) is 25.9. The molecule has 0 radical (unpaired) electrons. The van der Waals surface area contributed by atoms with Crippen LogP contribution in [0.4, 0.5) is 0 Å². The number of nitrogens with zero attached hydrogens (tertiary/aromatic N) is 7. The van der Waals surface area contributed by atoms with Gasteiger partial charge in [-0.15, -0.1) is 0 Å². The normalized spacial score (nSPS) is 13.2. The van der Waals surface area contributed by atoms with Crippen molar-refractivity contribution in [2.75, 3.05) is 0 Å². The van der Waals surface area contributed by atoms with E-state index < -0.39 is 10.8 Å². The van der Waals surface area contributed by atoms with Crippen LogP contribution in [0.3, 0.4) is 0 Å². The smallest absolute Gasteiger partial charge is 0.145 e. The summed E-state index contributed by atoms with van der Waals surface area (Å²) in [7, 11) is 0. The highest BCUT2D eigenvalue weighted by molar-refractivity contribution is 7.99. The largest absolute Gasteiger partial charge is 0.292 e. The van der Waals surface area contributed by atoms with Crippen molar-refractivity contribution in [2.45, 2.75) is 30.4 Å². The quantitative estimate of drug-likeness (QED) is 0.132. The van der Waals surface area contributed by atoms with Gasteiger partial charge in [-0.1, -0.05) is 321 Å². The minimum Gasteiger partial charge on any atom is -0.292 e. The second kappa shape index (κ2) is 29.1. The molecule has 2 spiro atoms. The fourth-order valence-electron chi connectivity index (χ4n) is 20.4. The van der Waals surface area contributed by atoms with Crippen molar-refractivity contribution in [1.82, 2.24) is 34.5 Å². The number of hydrogen-bond acceptors (Lipinski definition) is 8. The Morgan fingerprint density at radius 3 is 0.992 bits per heavy atom. The van der Waals surface area contributed by atoms with Crippen LogP contribution in [0.15, 0.2) is 451 Å². The summed E-state index contributed by atoms with van der Waals surface area (Å²) in [6.07, 6.45) is 3.61. The third kappa shape index (κ3) is 11.5. The highest BCUT2D eigenvalue weighted by atomic mass is 32.2. The molecule has 4 aliphatic rings. The van der Waals surface area contributed by atoms with E-state index in [4.69, 9.17) is 19.9 Å². The maximum atomic E-state index is 5.42. The maximum absolute atomic E-state index is 5.42. The molecule has 0 unspecified atom stereocenters. The van der Waals surface area contributed by atoms with E-state index in [1.165, 1.54) is 103 Å². The van der Waals surface area contributed by atoms with Gasteiger partial charge in [-0.3, -0.25) is 14.5 Å². The molecular formula is C116H71N7S2. The standard InChI is InChI=1S/C59H36N4S.C57H35N3S/c1-3-15-47-42(13-1)45-35-46-44(36-50(45)59(47)48-16-4-7-21-56(48)64-57-22-8-5-17-49(57)59)43-14-2-6-18-51(43)63-58(46)40-29-27-38(28-30-40)37-23-25-39(26-24-37)41-33-54(52-19-9-11-31-60-52)62-55(34-41)53-20-10-12-32-61-53;1-2-14-40(15-3-1)60-52-23-11-10-22-51(52)59-56(60)39-32-28-37(29-33-39)36-26-30-38(31-27-36)55-45-34-44-41-16-4-6-18-46(41)57(49(44)35-43(45)42-17-5-9-21-50(42)58-55)47-19-7-12-24-53(47)61-54-25-13-8-20-48(54)57/h1-36H;1-35H. The van der Waals surface area contributed by atoms with Crippen molar-refractivity contribution < 1.29 is 0 Å². The minimum absolute atomic E-state index is 0.436. The van der Waals surface area contributed by atoms with Gasteiger partial charge < -0.3 is 0 Å². The molecule has 0 saturated heterocycles. The van der Waals surface area contributed by atoms with E-state index in [1.807, 2.05) is 66.0 Å². The van der Waals surface area contributed by atoms with Gasteiger partial charge in [0.05, 0.1) is 67.1 Å². The van der Waals surface area contributed by atoms with Gasteiger partial charge in [0.2, 0.25) is 0 Å². The number of para-hydroxylation sites is 5. The first-order valence-electron chi connectivity index (χ1n) is 42.4. The van der Waals surface area contributed by atoms with E-state index in [2.05, 4.69) is 391 Å². The predicted molar refractivity (Wildman–Crippen MR) is 513 cm³/mol. The Morgan fingerprint density at radius 2 is 0.560 bits per heavy atom. The first-order chi connectivity index (χ1) is 61.9. The SMILES string of the molecule is c1ccc(-c2cc(-c3ccc(-c4ccc(-c5nc6ccccc6c6cc7c(cc56)-c5ccccc5C75c6ccccc6Sc6ccccc65)cc4)cc3)cc(-c3ccccn3)n2)nc1.c1ccc(-n2c(-c3ccc(-c4ccc(-c5nc6ccccc6c6cc7c(cc56)-c5ccccc5C75c6ccccc6Sc6ccccc65)cc4)cc3)nc3ccccc32)cc1. The van der Waals surface area contributed by atoms with Crippen LogP contribution in [0.2, 0.25) is 0 Å². The Kier molecular flexibility index (Phi) is 16.8. The molecule has 16 aromatic carbocycles. The zero-order chi connectivity index (χ0) is 82.3. The van der Waals surface area contributed by atoms with Crippen molar-refractivity contribution in [3.8, 4) is 118 Å². The summed E-state index contributed by atoms with van der Waals surface area (Å²) in [5.74, 6) is 0.930. The van der Waals surface area contributed by atoms with Crippen LogP contribution >= 0.6 is 23.5 Å². The molecule has 0 fully saturated rings. The Bertz CT molecular complexity index is 7990. The lowest BCUT2D eigenvalue weighted by Gasteiger charge is -2.39. The lowest BCUT2D eigenvalue weighted by Crippen LogP contribution is -2.31. The van der Waals surface area contributed by atoms with Crippen molar-refractivity contribution in [3.05, 3.63) is 475 Å². The van der Waals surface area contributed by atoms with E-state index in [0.29, 0.717) is 0 Å². The zero-order valence-corrected chi connectivity index (χ0v) is 69.1. The van der Waals surface area contributed by atoms with Gasteiger partial charge in [-0.25, -0.2) is 19.9 Å². The van der Waals surface area contributed by atoms with Gasteiger partial charge in [0.25, 0.3) is 0 Å². The second-order valence-electron chi connectivity index (χ2n) is 32.6. The van der Waals surface area contributed by atoms with Gasteiger partial charge >= 0.3 is 0 Å². The average molecular weight is 1630 g/mol.